The predicted octanol–water partition coefficient (Wildman–Crippen LogP) is 2.33. The van der Waals surface area contributed by atoms with Crippen LogP contribution in [0.25, 0.3) is 0 Å². The number of urea groups is 1. The van der Waals surface area contributed by atoms with Gasteiger partial charge >= 0.3 is 12.0 Å². The monoisotopic (exact) mass is 313 g/mol. The van der Waals surface area contributed by atoms with E-state index in [4.69, 9.17) is 5.11 Å². The van der Waals surface area contributed by atoms with Gasteiger partial charge in [-0.25, -0.2) is 9.78 Å². The zero-order valence-corrected chi connectivity index (χ0v) is 13.2. The van der Waals surface area contributed by atoms with E-state index in [-0.39, 0.29) is 12.5 Å². The third-order valence-corrected chi connectivity index (χ3v) is 3.92. The molecule has 0 radical (unpaired) electrons. The predicted molar refractivity (Wildman–Crippen MR) is 82.7 cm³/mol. The van der Waals surface area contributed by atoms with Crippen LogP contribution in [0, 0.1) is 6.92 Å². The maximum atomic E-state index is 11.5. The van der Waals surface area contributed by atoms with E-state index in [0.29, 0.717) is 19.5 Å². The molecule has 0 aliphatic rings. The summed E-state index contributed by atoms with van der Waals surface area (Å²) in [4.78, 5) is 26.1. The Hall–Kier alpha value is -1.63. The minimum Gasteiger partial charge on any atom is -0.481 e. The number of thiazole rings is 1. The molecule has 118 valence electrons. The fourth-order valence-electron chi connectivity index (χ4n) is 1.82. The Balaban J connectivity index is 1.93. The second kappa shape index (κ2) is 10.1. The number of carboxylic acids is 1. The molecule has 0 saturated heterocycles. The summed E-state index contributed by atoms with van der Waals surface area (Å²) in [6, 6.07) is -0.159. The SMILES string of the molecule is Cc1csc(CCNC(=O)NCCCCCCC(=O)O)n1. The zero-order chi connectivity index (χ0) is 15.5. The molecule has 1 rings (SSSR count). The van der Waals surface area contributed by atoms with E-state index in [1.807, 2.05) is 12.3 Å². The van der Waals surface area contributed by atoms with Gasteiger partial charge in [0.15, 0.2) is 0 Å². The van der Waals surface area contributed by atoms with Crippen molar-refractivity contribution in [2.24, 2.45) is 0 Å². The first-order chi connectivity index (χ1) is 10.1. The number of nitrogens with zero attached hydrogens (tertiary/aromatic N) is 1. The van der Waals surface area contributed by atoms with Gasteiger partial charge in [-0.1, -0.05) is 12.8 Å². The van der Waals surface area contributed by atoms with Gasteiger partial charge in [-0.2, -0.15) is 0 Å². The van der Waals surface area contributed by atoms with Gasteiger partial charge in [0.2, 0.25) is 0 Å². The Morgan fingerprint density at radius 3 is 2.57 bits per heavy atom. The average Bonchev–Trinajstić information content (AvgIpc) is 2.83. The van der Waals surface area contributed by atoms with Crippen LogP contribution in [0.1, 0.15) is 42.8 Å². The topological polar surface area (TPSA) is 91.3 Å². The van der Waals surface area contributed by atoms with Gasteiger partial charge < -0.3 is 15.7 Å². The lowest BCUT2D eigenvalue weighted by Gasteiger charge is -2.06. The van der Waals surface area contributed by atoms with Gasteiger partial charge in [0.1, 0.15) is 0 Å². The molecule has 1 heterocycles. The quantitative estimate of drug-likeness (QED) is 0.578. The van der Waals surface area contributed by atoms with Gasteiger partial charge in [-0.3, -0.25) is 4.79 Å². The molecule has 3 N–H and O–H groups in total. The highest BCUT2D eigenvalue weighted by Gasteiger charge is 2.02. The third kappa shape index (κ3) is 9.01. The minimum atomic E-state index is -0.747. The summed E-state index contributed by atoms with van der Waals surface area (Å²) in [5, 5.41) is 17.1. The number of aromatic nitrogens is 1. The molecule has 1 aromatic heterocycles. The first-order valence-electron chi connectivity index (χ1n) is 7.22. The summed E-state index contributed by atoms with van der Waals surface area (Å²) in [6.45, 7) is 3.16. The number of carbonyl (C=O) groups excluding carboxylic acids is 1. The number of hydrogen-bond acceptors (Lipinski definition) is 4. The molecule has 0 aromatic carbocycles. The van der Waals surface area contributed by atoms with Crippen LogP contribution >= 0.6 is 11.3 Å². The molecule has 0 bridgehead atoms. The molecule has 0 saturated carbocycles. The molecular formula is C14H23N3O3S. The van der Waals surface area contributed by atoms with Crippen molar-refractivity contribution in [2.45, 2.75) is 45.4 Å². The van der Waals surface area contributed by atoms with Gasteiger partial charge in [-0.15, -0.1) is 11.3 Å². The molecular weight excluding hydrogens is 290 g/mol. The standard InChI is InChI=1S/C14H23N3O3S/c1-11-10-21-12(17-11)7-9-16-14(20)15-8-5-3-2-4-6-13(18)19/h10H,2-9H2,1H3,(H,18,19)(H2,15,16,20). The van der Waals surface area contributed by atoms with E-state index < -0.39 is 5.97 Å². The molecule has 1 aromatic rings. The smallest absolute Gasteiger partial charge is 0.314 e. The fourth-order valence-corrected chi connectivity index (χ4v) is 2.60. The molecule has 0 aliphatic heterocycles. The van der Waals surface area contributed by atoms with E-state index in [1.54, 1.807) is 11.3 Å². The average molecular weight is 313 g/mol. The van der Waals surface area contributed by atoms with Gasteiger partial charge in [0.05, 0.1) is 5.01 Å². The molecule has 21 heavy (non-hydrogen) atoms. The molecule has 6 nitrogen and oxygen atoms in total. The first kappa shape index (κ1) is 17.4. The highest BCUT2D eigenvalue weighted by atomic mass is 32.1. The summed E-state index contributed by atoms with van der Waals surface area (Å²) in [5.74, 6) is -0.747. The summed E-state index contributed by atoms with van der Waals surface area (Å²) in [5.41, 5.74) is 1.02. The highest BCUT2D eigenvalue weighted by Crippen LogP contribution is 2.08. The second-order valence-corrected chi connectivity index (χ2v) is 5.82. The van der Waals surface area contributed by atoms with Crippen LogP contribution in [0.2, 0.25) is 0 Å². The zero-order valence-electron chi connectivity index (χ0n) is 12.4. The minimum absolute atomic E-state index is 0.159. The third-order valence-electron chi connectivity index (χ3n) is 2.89. The fraction of sp³-hybridized carbons (Fsp3) is 0.643. The van der Waals surface area contributed by atoms with Crippen molar-refractivity contribution in [3.63, 3.8) is 0 Å². The molecule has 0 fully saturated rings. The van der Waals surface area contributed by atoms with Crippen LogP contribution in [0.4, 0.5) is 4.79 Å². The summed E-state index contributed by atoms with van der Waals surface area (Å²) in [6.07, 6.45) is 4.38. The number of aliphatic carboxylic acids is 1. The molecule has 0 aliphatic carbocycles. The molecule has 0 atom stereocenters. The summed E-state index contributed by atoms with van der Waals surface area (Å²) >= 11 is 1.61. The van der Waals surface area contributed by atoms with Crippen LogP contribution in [0.5, 0.6) is 0 Å². The van der Waals surface area contributed by atoms with Crippen LogP contribution in [-0.4, -0.2) is 35.2 Å². The lowest BCUT2D eigenvalue weighted by molar-refractivity contribution is -0.137. The molecule has 2 amide bonds. The Morgan fingerprint density at radius 2 is 1.90 bits per heavy atom. The first-order valence-corrected chi connectivity index (χ1v) is 8.10. The molecule has 0 spiro atoms. The number of rotatable bonds is 10. The number of aryl methyl sites for hydroxylation is 1. The number of carbonyl (C=O) groups is 2. The molecule has 0 unspecified atom stereocenters. The van der Waals surface area contributed by atoms with Gasteiger partial charge in [0, 0.05) is 37.0 Å². The van der Waals surface area contributed by atoms with Gasteiger partial charge in [-0.05, 0) is 19.8 Å². The van der Waals surface area contributed by atoms with Crippen LogP contribution in [0.3, 0.4) is 0 Å². The van der Waals surface area contributed by atoms with E-state index in [0.717, 1.165) is 36.4 Å². The second-order valence-electron chi connectivity index (χ2n) is 4.87. The van der Waals surface area contributed by atoms with Crippen molar-refractivity contribution in [1.82, 2.24) is 15.6 Å². The lowest BCUT2D eigenvalue weighted by atomic mass is 10.1. The summed E-state index contributed by atoms with van der Waals surface area (Å²) in [7, 11) is 0. The van der Waals surface area contributed by atoms with E-state index in [1.165, 1.54) is 0 Å². The van der Waals surface area contributed by atoms with E-state index >= 15 is 0 Å². The maximum Gasteiger partial charge on any atom is 0.314 e. The van der Waals surface area contributed by atoms with Crippen LogP contribution < -0.4 is 10.6 Å². The Morgan fingerprint density at radius 1 is 1.19 bits per heavy atom. The van der Waals surface area contributed by atoms with Crippen LogP contribution in [0.15, 0.2) is 5.38 Å². The summed E-state index contributed by atoms with van der Waals surface area (Å²) < 4.78 is 0. The molecule has 7 heteroatoms. The van der Waals surface area contributed by atoms with Crippen molar-refractivity contribution in [3.05, 3.63) is 16.1 Å². The number of carboxylic acid groups (broad SMARTS) is 1. The number of nitrogens with one attached hydrogen (secondary N) is 2. The van der Waals surface area contributed by atoms with Crippen molar-refractivity contribution in [3.8, 4) is 0 Å². The normalized spacial score (nSPS) is 10.3. The van der Waals surface area contributed by atoms with E-state index in [2.05, 4.69) is 15.6 Å². The van der Waals surface area contributed by atoms with Crippen molar-refractivity contribution in [2.75, 3.05) is 13.1 Å². The van der Waals surface area contributed by atoms with Crippen molar-refractivity contribution in [1.29, 1.82) is 0 Å². The highest BCUT2D eigenvalue weighted by molar-refractivity contribution is 7.09. The number of hydrogen-bond donors (Lipinski definition) is 3. The van der Waals surface area contributed by atoms with Gasteiger partial charge in [0.25, 0.3) is 0 Å². The lowest BCUT2D eigenvalue weighted by Crippen LogP contribution is -2.37. The number of amides is 2. The van der Waals surface area contributed by atoms with Crippen molar-refractivity contribution < 1.29 is 14.7 Å². The Labute approximate surface area is 129 Å². The maximum absolute atomic E-state index is 11.5. The Bertz CT molecular complexity index is 448. The van der Waals surface area contributed by atoms with Crippen LogP contribution in [-0.2, 0) is 11.2 Å². The number of unbranched alkanes of at least 4 members (excludes halogenated alkanes) is 3. The van der Waals surface area contributed by atoms with E-state index in [9.17, 15) is 9.59 Å². The Kier molecular flexibility index (Phi) is 8.42. The van der Waals surface area contributed by atoms with Crippen molar-refractivity contribution >= 4 is 23.3 Å². The largest absolute Gasteiger partial charge is 0.481 e.